The molecule has 296 valence electrons. The monoisotopic (exact) mass is 788 g/mol. The van der Waals surface area contributed by atoms with Crippen LogP contribution in [-0.2, 0) is 25.0 Å². The summed E-state index contributed by atoms with van der Waals surface area (Å²) >= 11 is 0. The number of nitrogens with zero attached hydrogens (tertiary/aromatic N) is 2. The summed E-state index contributed by atoms with van der Waals surface area (Å²) in [4.78, 5) is 33.3. The number of hydrogen-bond donors (Lipinski definition) is 5. The quantitative estimate of drug-likeness (QED) is 0.0620. The van der Waals surface area contributed by atoms with Crippen molar-refractivity contribution in [3.63, 3.8) is 0 Å². The molecule has 0 fully saturated rings. The molecule has 1 heterocycles. The van der Waals surface area contributed by atoms with Crippen LogP contribution in [0.3, 0.4) is 0 Å². The van der Waals surface area contributed by atoms with Gasteiger partial charge in [-0.2, -0.15) is 4.98 Å². The highest BCUT2D eigenvalue weighted by atomic mass is 32.2. The van der Waals surface area contributed by atoms with Crippen molar-refractivity contribution >= 4 is 61.5 Å². The van der Waals surface area contributed by atoms with Gasteiger partial charge < -0.3 is 44.7 Å². The number of benzene rings is 4. The summed E-state index contributed by atoms with van der Waals surface area (Å²) in [6, 6.07) is 20.3. The predicted molar refractivity (Wildman–Crippen MR) is 214 cm³/mol. The number of methoxy groups -OCH3 is 2. The van der Waals surface area contributed by atoms with Gasteiger partial charge in [0, 0.05) is 46.9 Å². The number of fused-ring (bicyclic) bond motifs is 1. The number of amides is 2. The van der Waals surface area contributed by atoms with E-state index in [1.807, 2.05) is 45.0 Å². The van der Waals surface area contributed by atoms with Crippen molar-refractivity contribution in [1.82, 2.24) is 9.97 Å². The van der Waals surface area contributed by atoms with Gasteiger partial charge in [0.25, 0.3) is 0 Å². The molecule has 1 unspecified atom stereocenters. The number of nitrogens with one attached hydrogen (secondary N) is 4. The van der Waals surface area contributed by atoms with Crippen LogP contribution in [0.25, 0.3) is 10.8 Å². The van der Waals surface area contributed by atoms with E-state index in [1.54, 1.807) is 48.5 Å². The lowest BCUT2D eigenvalue weighted by molar-refractivity contribution is -0.149. The molecule has 0 bridgehead atoms. The lowest BCUT2D eigenvalue weighted by Gasteiger charge is -2.24. The molecule has 0 spiro atoms. The van der Waals surface area contributed by atoms with Crippen LogP contribution in [-0.4, -0.2) is 75.3 Å². The number of ether oxygens (including phenoxy) is 5. The fraction of sp³-hybridized carbons (Fsp3) is 0.282. The van der Waals surface area contributed by atoms with Gasteiger partial charge in [-0.3, -0.25) is 4.72 Å². The Hall–Kier alpha value is -6.33. The van der Waals surface area contributed by atoms with Gasteiger partial charge in [-0.05, 0) is 42.2 Å². The van der Waals surface area contributed by atoms with Crippen molar-refractivity contribution in [2.24, 2.45) is 0 Å². The van der Waals surface area contributed by atoms with E-state index in [2.05, 4.69) is 30.6 Å². The highest BCUT2D eigenvalue weighted by molar-refractivity contribution is 7.92. The molecule has 0 saturated carbocycles. The molecule has 0 aliphatic rings. The number of anilines is 5. The minimum atomic E-state index is -3.65. The number of carboxylic acid groups (broad SMARTS) is 1. The maximum absolute atomic E-state index is 13.5. The van der Waals surface area contributed by atoms with Crippen molar-refractivity contribution in [2.75, 3.05) is 54.4 Å². The van der Waals surface area contributed by atoms with Gasteiger partial charge in [-0.25, -0.2) is 23.0 Å². The molecule has 0 saturated heterocycles. The molecule has 16 nitrogen and oxygen atoms in total. The maximum atomic E-state index is 13.5. The van der Waals surface area contributed by atoms with Crippen LogP contribution in [0, 0.1) is 0 Å². The van der Waals surface area contributed by atoms with E-state index in [4.69, 9.17) is 28.8 Å². The van der Waals surface area contributed by atoms with Gasteiger partial charge in [-0.1, -0.05) is 45.0 Å². The van der Waals surface area contributed by atoms with Crippen molar-refractivity contribution in [3.8, 4) is 28.9 Å². The predicted octanol–water partition coefficient (Wildman–Crippen LogP) is 7.36. The van der Waals surface area contributed by atoms with Gasteiger partial charge in [-0.15, -0.1) is 0 Å². The molecular weight excluding hydrogens is 745 g/mol. The largest absolute Gasteiger partial charge is 0.497 e. The molecule has 5 aromatic rings. The number of hydrogen-bond acceptors (Lipinski definition) is 12. The summed E-state index contributed by atoms with van der Waals surface area (Å²) < 4.78 is 54.9. The number of carbonyl (C=O) groups is 2. The minimum Gasteiger partial charge on any atom is -0.497 e. The molecular formula is C39H44N6O10S. The first-order valence-corrected chi connectivity index (χ1v) is 19.2. The van der Waals surface area contributed by atoms with Crippen LogP contribution in [0.1, 0.15) is 33.3 Å². The third kappa shape index (κ3) is 10.9. The molecule has 17 heteroatoms. The molecule has 5 N–H and O–H groups in total. The van der Waals surface area contributed by atoms with Crippen LogP contribution in [0.5, 0.6) is 28.9 Å². The zero-order chi connectivity index (χ0) is 40.6. The summed E-state index contributed by atoms with van der Waals surface area (Å²) in [6.45, 7) is 7.54. The summed E-state index contributed by atoms with van der Waals surface area (Å²) in [6.07, 6.45) is 1.62. The molecule has 0 radical (unpaired) electrons. The van der Waals surface area contributed by atoms with E-state index in [0.717, 1.165) is 11.8 Å². The summed E-state index contributed by atoms with van der Waals surface area (Å²) in [5.74, 6) is 0.961. The topological polar surface area (TPSA) is 209 Å². The molecule has 1 aromatic heterocycles. The lowest BCUT2D eigenvalue weighted by atomic mass is 9.86. The number of aliphatic carboxylic acids is 1. The van der Waals surface area contributed by atoms with E-state index in [0.29, 0.717) is 39.4 Å². The molecule has 1 atom stereocenters. The maximum Gasteiger partial charge on any atom is 0.332 e. The number of rotatable bonds is 16. The lowest BCUT2D eigenvalue weighted by Crippen LogP contribution is -2.22. The first-order valence-electron chi connectivity index (χ1n) is 17.3. The average molecular weight is 789 g/mol. The third-order valence-electron chi connectivity index (χ3n) is 8.12. The summed E-state index contributed by atoms with van der Waals surface area (Å²) in [7, 11) is -0.744. The fourth-order valence-electron chi connectivity index (χ4n) is 5.40. The van der Waals surface area contributed by atoms with Crippen LogP contribution < -0.4 is 39.6 Å². The SMILES string of the molecule is COc1cc(Nc2nccc(Oc3ccc(NC(=O)Nc4cc(C(C)(C)C)cc(NS(C)(=O)=O)c4OC)c4ccccc34)n2)cc(OCCOC(C)C(=O)O)c1. The Labute approximate surface area is 324 Å². The highest BCUT2D eigenvalue weighted by Gasteiger charge is 2.23. The Bertz CT molecular complexity index is 2330. The highest BCUT2D eigenvalue weighted by Crippen LogP contribution is 2.40. The van der Waals surface area contributed by atoms with E-state index < -0.39 is 28.1 Å². The zero-order valence-corrected chi connectivity index (χ0v) is 32.7. The van der Waals surface area contributed by atoms with Crippen LogP contribution >= 0.6 is 0 Å². The third-order valence-corrected chi connectivity index (χ3v) is 8.71. The van der Waals surface area contributed by atoms with Crippen molar-refractivity contribution in [1.29, 1.82) is 0 Å². The van der Waals surface area contributed by atoms with Crippen molar-refractivity contribution < 1.29 is 46.8 Å². The first kappa shape index (κ1) is 40.8. The summed E-state index contributed by atoms with van der Waals surface area (Å²) in [5.41, 5.74) is 1.90. The molecule has 56 heavy (non-hydrogen) atoms. The second kappa shape index (κ2) is 17.4. The van der Waals surface area contributed by atoms with Crippen LogP contribution in [0.4, 0.5) is 33.5 Å². The number of sulfonamides is 1. The van der Waals surface area contributed by atoms with E-state index in [-0.39, 0.29) is 47.6 Å². The smallest absolute Gasteiger partial charge is 0.332 e. The normalized spacial score (nSPS) is 12.0. The molecule has 5 rings (SSSR count). The van der Waals surface area contributed by atoms with Crippen molar-refractivity contribution in [2.45, 2.75) is 39.2 Å². The Kier molecular flexibility index (Phi) is 12.7. The first-order chi connectivity index (χ1) is 26.5. The van der Waals surface area contributed by atoms with E-state index in [9.17, 15) is 18.0 Å². The van der Waals surface area contributed by atoms with Crippen LogP contribution in [0.2, 0.25) is 0 Å². The zero-order valence-electron chi connectivity index (χ0n) is 31.9. The van der Waals surface area contributed by atoms with Gasteiger partial charge in [0.1, 0.15) is 23.9 Å². The van der Waals surface area contributed by atoms with E-state index >= 15 is 0 Å². The fourth-order valence-corrected chi connectivity index (χ4v) is 5.95. The number of carbonyl (C=O) groups excluding carboxylic acids is 1. The molecule has 0 aliphatic carbocycles. The van der Waals surface area contributed by atoms with Crippen molar-refractivity contribution in [3.05, 3.63) is 84.6 Å². The van der Waals surface area contributed by atoms with Crippen LogP contribution in [0.15, 0.2) is 79.0 Å². The molecule has 2 amide bonds. The number of urea groups is 1. The standard InChI is InChI=1S/C39H44N6O10S/c1-23(36(46)47)53-16-17-54-27-21-25(20-26(22-27)51-5)41-37-40-15-14-34(44-37)55-33-13-12-30(28-10-8-9-11-29(28)33)42-38(48)43-31-18-24(39(2,3)4)19-32(35(31)52-6)45-56(7,49)50/h8-15,18-23,45H,16-17H2,1-7H3,(H,46,47)(H,40,41,44)(H2,42,43,48). The molecule has 4 aromatic carbocycles. The molecule has 0 aliphatic heterocycles. The van der Waals surface area contributed by atoms with Gasteiger partial charge in [0.15, 0.2) is 11.9 Å². The Balaban J connectivity index is 1.33. The Morgan fingerprint density at radius 2 is 1.55 bits per heavy atom. The van der Waals surface area contributed by atoms with E-state index in [1.165, 1.54) is 27.3 Å². The second-order valence-corrected chi connectivity index (χ2v) is 15.3. The number of carboxylic acids is 1. The second-order valence-electron chi connectivity index (χ2n) is 13.5. The van der Waals surface area contributed by atoms with Gasteiger partial charge in [0.05, 0.1) is 44.1 Å². The number of aromatic nitrogens is 2. The Morgan fingerprint density at radius 1 is 0.857 bits per heavy atom. The van der Waals surface area contributed by atoms with Gasteiger partial charge >= 0.3 is 12.0 Å². The van der Waals surface area contributed by atoms with Gasteiger partial charge in [0.2, 0.25) is 21.9 Å². The summed E-state index contributed by atoms with van der Waals surface area (Å²) in [5, 5.41) is 19.2. The average Bonchev–Trinajstić information content (AvgIpc) is 3.13. The minimum absolute atomic E-state index is 0.0733. The Morgan fingerprint density at radius 3 is 2.23 bits per heavy atom.